The van der Waals surface area contributed by atoms with Crippen molar-refractivity contribution in [2.75, 3.05) is 57.4 Å². The van der Waals surface area contributed by atoms with E-state index in [1.165, 1.54) is 11.3 Å². The zero-order valence-corrected chi connectivity index (χ0v) is 24.3. The molecule has 1 amide bonds. The van der Waals surface area contributed by atoms with Gasteiger partial charge in [-0.3, -0.25) is 19.0 Å². The lowest BCUT2D eigenvalue weighted by Crippen LogP contribution is -2.46. The average molecular weight is 564 g/mol. The average Bonchev–Trinajstić information content (AvgIpc) is 3.48. The number of hydrogen-bond donors (Lipinski definition) is 1. The number of allylic oxidation sites excluding steroid dienone is 1. The first-order valence-electron chi connectivity index (χ1n) is 14.1. The van der Waals surface area contributed by atoms with Gasteiger partial charge in [-0.15, -0.1) is 6.58 Å². The number of aliphatic imine (C=N–C) groups is 1. The maximum absolute atomic E-state index is 13.2. The van der Waals surface area contributed by atoms with Crippen molar-refractivity contribution in [3.63, 3.8) is 0 Å². The molecule has 1 N–H and O–H groups in total. The van der Waals surface area contributed by atoms with Crippen LogP contribution >= 0.6 is 0 Å². The van der Waals surface area contributed by atoms with Crippen molar-refractivity contribution in [2.45, 2.75) is 37.5 Å². The molecule has 0 aliphatic carbocycles. The highest BCUT2D eigenvalue weighted by Gasteiger charge is 2.23. The molecule has 2 aliphatic heterocycles. The predicted octanol–water partition coefficient (Wildman–Crippen LogP) is 4.17. The van der Waals surface area contributed by atoms with Crippen LogP contribution in [0.5, 0.6) is 5.75 Å². The largest absolute Gasteiger partial charge is 0.491 e. The molecule has 0 radical (unpaired) electrons. The van der Waals surface area contributed by atoms with Crippen molar-refractivity contribution in [3.05, 3.63) is 78.5 Å². The van der Waals surface area contributed by atoms with Crippen molar-refractivity contribution >= 4 is 28.8 Å². The van der Waals surface area contributed by atoms with Crippen LogP contribution in [0.15, 0.2) is 82.8 Å². The van der Waals surface area contributed by atoms with Gasteiger partial charge in [0.1, 0.15) is 12.4 Å². The molecular weight excluding hydrogens is 522 g/mol. The standard InChI is InChI=1S/C31H41N5O3S/c1-3-11-27(24-36(25-32-4-2)40(38)28-13-6-5-7-14-28)31(37)33-17-8-9-18-34-19-21-35(22-20-34)29-15-10-12-26-16-23-39-30(26)29/h3-7,10,12-15,24H,1,8-9,11,16-23,25H2,2H3,(H,33,37)/b27-24+,32-4-. The van der Waals surface area contributed by atoms with Crippen LogP contribution in [0.25, 0.3) is 0 Å². The minimum absolute atomic E-state index is 0.165. The van der Waals surface area contributed by atoms with E-state index in [9.17, 15) is 9.00 Å². The van der Waals surface area contributed by atoms with Gasteiger partial charge in [-0.2, -0.15) is 0 Å². The molecule has 2 aromatic carbocycles. The van der Waals surface area contributed by atoms with E-state index in [1.54, 1.807) is 22.8 Å². The lowest BCUT2D eigenvalue weighted by molar-refractivity contribution is -0.117. The third kappa shape index (κ3) is 8.05. The van der Waals surface area contributed by atoms with Gasteiger partial charge in [-0.25, -0.2) is 4.21 Å². The Hall–Kier alpha value is -3.43. The summed E-state index contributed by atoms with van der Waals surface area (Å²) in [6.07, 6.45) is 8.30. The van der Waals surface area contributed by atoms with Crippen LogP contribution in [-0.2, 0) is 22.2 Å². The first kappa shape index (κ1) is 29.6. The van der Waals surface area contributed by atoms with Crippen molar-refractivity contribution < 1.29 is 13.7 Å². The topological polar surface area (TPSA) is 77.5 Å². The van der Waals surface area contributed by atoms with Crippen LogP contribution in [0.3, 0.4) is 0 Å². The molecule has 0 saturated carbocycles. The molecule has 0 bridgehead atoms. The van der Waals surface area contributed by atoms with Crippen molar-refractivity contribution in [3.8, 4) is 5.75 Å². The number of rotatable bonds is 14. The molecule has 1 fully saturated rings. The summed E-state index contributed by atoms with van der Waals surface area (Å²) in [4.78, 5) is 22.8. The minimum atomic E-state index is -1.48. The fourth-order valence-corrected chi connectivity index (χ4v) is 6.00. The lowest BCUT2D eigenvalue weighted by Gasteiger charge is -2.36. The highest BCUT2D eigenvalue weighted by atomic mass is 32.2. The Kier molecular flexibility index (Phi) is 11.4. The molecule has 8 nitrogen and oxygen atoms in total. The highest BCUT2D eigenvalue weighted by molar-refractivity contribution is 7.82. The second-order valence-electron chi connectivity index (χ2n) is 9.86. The van der Waals surface area contributed by atoms with Crippen molar-refractivity contribution in [2.24, 2.45) is 4.99 Å². The maximum Gasteiger partial charge on any atom is 0.249 e. The summed E-state index contributed by atoms with van der Waals surface area (Å²) in [5, 5.41) is 3.04. The first-order chi connectivity index (χ1) is 19.6. The SMILES string of the molecule is C=CC/C(=C\N(C/N=C\C)S(=O)c1ccccc1)C(=O)NCCCCN1CCN(c2cccc3c2OCC3)CC1. The van der Waals surface area contributed by atoms with E-state index in [4.69, 9.17) is 4.74 Å². The molecule has 4 rings (SSSR count). The van der Waals surface area contributed by atoms with Crippen LogP contribution in [0, 0.1) is 0 Å². The number of carbonyl (C=O) groups is 1. The van der Waals surface area contributed by atoms with Crippen LogP contribution in [0.4, 0.5) is 5.69 Å². The van der Waals surface area contributed by atoms with Crippen molar-refractivity contribution in [1.82, 2.24) is 14.5 Å². The number of nitrogens with zero attached hydrogens (tertiary/aromatic N) is 4. The zero-order valence-electron chi connectivity index (χ0n) is 23.5. The van der Waals surface area contributed by atoms with Gasteiger partial charge in [-0.1, -0.05) is 36.4 Å². The number of carbonyl (C=O) groups excluding carboxylic acids is 1. The number of nitrogens with one attached hydrogen (secondary N) is 1. The fraction of sp³-hybridized carbons (Fsp3) is 0.419. The Morgan fingerprint density at radius 1 is 1.12 bits per heavy atom. The van der Waals surface area contributed by atoms with Gasteiger partial charge in [0.15, 0.2) is 11.0 Å². The number of piperazine rings is 1. The normalized spacial score (nSPS) is 16.4. The smallest absolute Gasteiger partial charge is 0.249 e. The molecule has 0 spiro atoms. The molecule has 214 valence electrons. The van der Waals surface area contributed by atoms with Gasteiger partial charge < -0.3 is 15.0 Å². The van der Waals surface area contributed by atoms with E-state index >= 15 is 0 Å². The third-order valence-electron chi connectivity index (χ3n) is 7.11. The molecule has 9 heteroatoms. The number of ether oxygens (including phenoxy) is 1. The molecule has 1 unspecified atom stereocenters. The second kappa shape index (κ2) is 15.4. The van der Waals surface area contributed by atoms with Gasteiger partial charge >= 0.3 is 0 Å². The van der Waals surface area contributed by atoms with Crippen molar-refractivity contribution in [1.29, 1.82) is 0 Å². The Bertz CT molecular complexity index is 1210. The van der Waals surface area contributed by atoms with E-state index in [0.717, 1.165) is 64.3 Å². The van der Waals surface area contributed by atoms with E-state index in [-0.39, 0.29) is 12.6 Å². The summed E-state index contributed by atoms with van der Waals surface area (Å²) in [5.74, 6) is 0.908. The molecule has 1 saturated heterocycles. The molecule has 2 aliphatic rings. The molecule has 2 aromatic rings. The van der Waals surface area contributed by atoms with Crippen LogP contribution in [-0.4, -0.2) is 78.1 Å². The molecule has 40 heavy (non-hydrogen) atoms. The van der Waals surface area contributed by atoms with Gasteiger partial charge in [0.2, 0.25) is 5.91 Å². The number of hydrogen-bond acceptors (Lipinski definition) is 6. The Morgan fingerprint density at radius 3 is 2.67 bits per heavy atom. The Balaban J connectivity index is 1.22. The molecule has 1 atom stereocenters. The molecule has 0 aromatic heterocycles. The number of benzene rings is 2. The Morgan fingerprint density at radius 2 is 1.93 bits per heavy atom. The number of para-hydroxylation sites is 1. The van der Waals surface area contributed by atoms with Crippen LogP contribution in [0.1, 0.15) is 31.7 Å². The van der Waals surface area contributed by atoms with E-state index in [0.29, 0.717) is 23.4 Å². The summed E-state index contributed by atoms with van der Waals surface area (Å²) in [6, 6.07) is 15.7. The van der Waals surface area contributed by atoms with Crippen LogP contribution in [0.2, 0.25) is 0 Å². The fourth-order valence-electron chi connectivity index (χ4n) is 4.94. The zero-order chi connectivity index (χ0) is 28.2. The number of anilines is 1. The predicted molar refractivity (Wildman–Crippen MR) is 163 cm³/mol. The van der Waals surface area contributed by atoms with E-state index in [2.05, 4.69) is 44.9 Å². The first-order valence-corrected chi connectivity index (χ1v) is 15.2. The second-order valence-corrected chi connectivity index (χ2v) is 11.3. The third-order valence-corrected chi connectivity index (χ3v) is 8.43. The quantitative estimate of drug-likeness (QED) is 0.162. The summed E-state index contributed by atoms with van der Waals surface area (Å²) in [5.41, 5.74) is 3.06. The number of fused-ring (bicyclic) bond motifs is 1. The van der Waals surface area contributed by atoms with Gasteiger partial charge in [-0.05, 0) is 62.7 Å². The molecular formula is C31H41N5O3S. The van der Waals surface area contributed by atoms with Crippen LogP contribution < -0.4 is 15.0 Å². The summed E-state index contributed by atoms with van der Waals surface area (Å²) >= 11 is 0. The maximum atomic E-state index is 13.2. The van der Waals surface area contributed by atoms with Gasteiger partial charge in [0.25, 0.3) is 0 Å². The highest BCUT2D eigenvalue weighted by Crippen LogP contribution is 2.36. The monoisotopic (exact) mass is 563 g/mol. The van der Waals surface area contributed by atoms with E-state index < -0.39 is 11.0 Å². The minimum Gasteiger partial charge on any atom is -0.491 e. The number of unbranched alkanes of at least 4 members (excludes halogenated alkanes) is 1. The Labute approximate surface area is 241 Å². The van der Waals surface area contributed by atoms with Gasteiger partial charge in [0.05, 0.1) is 17.2 Å². The molecule has 2 heterocycles. The summed E-state index contributed by atoms with van der Waals surface area (Å²) in [6.45, 7) is 12.2. The number of amides is 1. The summed E-state index contributed by atoms with van der Waals surface area (Å²) < 4.78 is 20.6. The lowest BCUT2D eigenvalue weighted by atomic mass is 10.1. The summed E-state index contributed by atoms with van der Waals surface area (Å²) in [7, 11) is -1.48. The van der Waals surface area contributed by atoms with E-state index in [1.807, 2.05) is 37.3 Å². The van der Waals surface area contributed by atoms with Gasteiger partial charge in [0, 0.05) is 50.9 Å².